The number of phenols is 1. The molecule has 30 heavy (non-hydrogen) atoms. The number of benzene rings is 1. The Balaban J connectivity index is 1.84. The highest BCUT2D eigenvalue weighted by Gasteiger charge is 2.38. The summed E-state index contributed by atoms with van der Waals surface area (Å²) >= 11 is 5.71. The highest BCUT2D eigenvalue weighted by molar-refractivity contribution is 6.30. The second kappa shape index (κ2) is 8.49. The zero-order valence-corrected chi connectivity index (χ0v) is 15.6. The van der Waals surface area contributed by atoms with Gasteiger partial charge in [-0.1, -0.05) is 11.6 Å². The first kappa shape index (κ1) is 21.2. The third-order valence-corrected chi connectivity index (χ3v) is 3.99. The van der Waals surface area contributed by atoms with Crippen LogP contribution in [0.4, 0.5) is 29.2 Å². The van der Waals surface area contributed by atoms with Gasteiger partial charge < -0.3 is 15.7 Å². The minimum absolute atomic E-state index is 0.0180. The molecule has 0 saturated carbocycles. The first-order chi connectivity index (χ1) is 14.1. The molecule has 0 unspecified atom stereocenters. The summed E-state index contributed by atoms with van der Waals surface area (Å²) in [6.45, 7) is -0.228. The van der Waals surface area contributed by atoms with Crippen LogP contribution in [0.25, 0.3) is 0 Å². The molecule has 1 amide bonds. The number of alkyl halides is 3. The minimum Gasteiger partial charge on any atom is -0.506 e. The van der Waals surface area contributed by atoms with Crippen LogP contribution < -0.4 is 10.6 Å². The summed E-state index contributed by atoms with van der Waals surface area (Å²) in [6.07, 6.45) is -3.10. The molecule has 0 spiro atoms. The quantitative estimate of drug-likeness (QED) is 0.313. The highest BCUT2D eigenvalue weighted by atomic mass is 35.5. The number of halogens is 5. The molecule has 0 aliphatic heterocycles. The van der Waals surface area contributed by atoms with Crippen molar-refractivity contribution in [1.82, 2.24) is 20.3 Å². The van der Waals surface area contributed by atoms with Crippen LogP contribution in [0.15, 0.2) is 42.7 Å². The lowest BCUT2D eigenvalue weighted by Crippen LogP contribution is -2.27. The van der Waals surface area contributed by atoms with E-state index in [0.717, 1.165) is 12.3 Å². The summed E-state index contributed by atoms with van der Waals surface area (Å²) in [5, 5.41) is 14.7. The summed E-state index contributed by atoms with van der Waals surface area (Å²) in [5.41, 5.74) is -1.97. The number of nitrogens with zero attached hydrogens (tertiary/aromatic N) is 3. The number of aromatic hydroxyl groups is 1. The van der Waals surface area contributed by atoms with Crippen LogP contribution >= 0.6 is 11.6 Å². The highest BCUT2D eigenvalue weighted by Crippen LogP contribution is 2.33. The van der Waals surface area contributed by atoms with E-state index in [1.54, 1.807) is 0 Å². The average molecular weight is 442 g/mol. The Morgan fingerprint density at radius 1 is 1.17 bits per heavy atom. The zero-order chi connectivity index (χ0) is 21.9. The Morgan fingerprint density at radius 2 is 1.93 bits per heavy atom. The topological polar surface area (TPSA) is 100 Å². The number of carbonyl (C=O) groups excluding carboxylic acids is 1. The fourth-order valence-electron chi connectivity index (χ4n) is 2.39. The lowest BCUT2D eigenvalue weighted by molar-refractivity contribution is -0.141. The second-order valence-electron chi connectivity index (χ2n) is 5.91. The third-order valence-electron chi connectivity index (χ3n) is 3.75. The predicted molar refractivity (Wildman–Crippen MR) is 98.8 cm³/mol. The molecular weight excluding hydrogens is 430 g/mol. The smallest absolute Gasteiger partial charge is 0.434 e. The molecule has 2 heterocycles. The summed E-state index contributed by atoms with van der Waals surface area (Å²) in [6, 6.07) is 6.34. The molecule has 0 fully saturated rings. The van der Waals surface area contributed by atoms with Crippen LogP contribution in [-0.4, -0.2) is 26.0 Å². The fraction of sp³-hybridized carbons (Fsp3) is 0.111. The second-order valence-corrected chi connectivity index (χ2v) is 6.35. The number of carbonyl (C=O) groups is 1. The summed E-state index contributed by atoms with van der Waals surface area (Å²) in [7, 11) is 0. The van der Waals surface area contributed by atoms with Gasteiger partial charge in [0.2, 0.25) is 11.9 Å². The van der Waals surface area contributed by atoms with E-state index >= 15 is 0 Å². The van der Waals surface area contributed by atoms with Crippen molar-refractivity contribution in [1.29, 1.82) is 0 Å². The van der Waals surface area contributed by atoms with E-state index in [1.807, 2.05) is 0 Å². The van der Waals surface area contributed by atoms with E-state index in [0.29, 0.717) is 11.8 Å². The van der Waals surface area contributed by atoms with Crippen molar-refractivity contribution < 1.29 is 27.5 Å². The van der Waals surface area contributed by atoms with Gasteiger partial charge in [0.1, 0.15) is 5.75 Å². The van der Waals surface area contributed by atoms with E-state index < -0.39 is 35.2 Å². The summed E-state index contributed by atoms with van der Waals surface area (Å²) < 4.78 is 53.4. The molecule has 0 atom stereocenters. The van der Waals surface area contributed by atoms with Crippen LogP contribution in [0, 0.1) is 5.95 Å². The van der Waals surface area contributed by atoms with Gasteiger partial charge in [0.05, 0.1) is 11.3 Å². The molecule has 3 rings (SSSR count). The van der Waals surface area contributed by atoms with E-state index in [2.05, 4.69) is 25.6 Å². The van der Waals surface area contributed by atoms with E-state index in [9.17, 15) is 27.5 Å². The van der Waals surface area contributed by atoms with Crippen LogP contribution in [0.5, 0.6) is 5.75 Å². The van der Waals surface area contributed by atoms with Crippen molar-refractivity contribution in [3.63, 3.8) is 0 Å². The molecule has 0 bridgehead atoms. The summed E-state index contributed by atoms with van der Waals surface area (Å²) in [5.74, 6) is -2.71. The van der Waals surface area contributed by atoms with Crippen molar-refractivity contribution in [2.75, 3.05) is 5.32 Å². The molecule has 1 aromatic carbocycles. The average Bonchev–Trinajstić information content (AvgIpc) is 2.67. The van der Waals surface area contributed by atoms with Gasteiger partial charge in [-0.05, 0) is 29.8 Å². The van der Waals surface area contributed by atoms with Crippen molar-refractivity contribution >= 4 is 29.1 Å². The lowest BCUT2D eigenvalue weighted by Gasteiger charge is -2.14. The van der Waals surface area contributed by atoms with Crippen LogP contribution in [-0.2, 0) is 12.7 Å². The summed E-state index contributed by atoms with van der Waals surface area (Å²) in [4.78, 5) is 22.7. The van der Waals surface area contributed by atoms with Crippen LogP contribution in [0.3, 0.4) is 0 Å². The lowest BCUT2D eigenvalue weighted by atomic mass is 10.2. The largest absolute Gasteiger partial charge is 0.506 e. The van der Waals surface area contributed by atoms with E-state index in [4.69, 9.17) is 11.6 Å². The number of rotatable bonds is 5. The number of hydrogen-bond donors (Lipinski definition) is 3. The molecule has 3 aromatic rings. The monoisotopic (exact) mass is 441 g/mol. The Hall–Kier alpha value is -3.47. The van der Waals surface area contributed by atoms with Crippen molar-refractivity contribution in [2.24, 2.45) is 0 Å². The maximum Gasteiger partial charge on any atom is 0.434 e. The minimum atomic E-state index is -4.96. The number of pyridine rings is 1. The molecule has 0 saturated heterocycles. The molecule has 156 valence electrons. The van der Waals surface area contributed by atoms with Gasteiger partial charge in [-0.15, -0.1) is 0 Å². The SMILES string of the molecule is O=C(NCc1ccnc(F)c1)c1cnc(Nc2ccc(Cl)cc2O)nc1C(F)(F)F. The zero-order valence-electron chi connectivity index (χ0n) is 14.8. The van der Waals surface area contributed by atoms with Crippen molar-refractivity contribution in [2.45, 2.75) is 12.7 Å². The number of nitrogens with one attached hydrogen (secondary N) is 2. The van der Waals surface area contributed by atoms with E-state index in [-0.39, 0.29) is 23.0 Å². The van der Waals surface area contributed by atoms with Gasteiger partial charge in [-0.2, -0.15) is 17.6 Å². The normalized spacial score (nSPS) is 11.2. The Kier molecular flexibility index (Phi) is 6.01. The fourth-order valence-corrected chi connectivity index (χ4v) is 2.55. The first-order valence-corrected chi connectivity index (χ1v) is 8.59. The number of hydrogen-bond acceptors (Lipinski definition) is 6. The Labute approximate surface area is 171 Å². The molecule has 3 N–H and O–H groups in total. The van der Waals surface area contributed by atoms with Gasteiger partial charge in [-0.25, -0.2) is 15.0 Å². The molecule has 0 aliphatic rings. The first-order valence-electron chi connectivity index (χ1n) is 8.22. The van der Waals surface area contributed by atoms with Gasteiger partial charge in [-0.3, -0.25) is 4.79 Å². The maximum atomic E-state index is 13.5. The van der Waals surface area contributed by atoms with Crippen molar-refractivity contribution in [3.8, 4) is 5.75 Å². The number of anilines is 2. The predicted octanol–water partition coefficient (Wildman–Crippen LogP) is 4.06. The van der Waals surface area contributed by atoms with Crippen LogP contribution in [0.1, 0.15) is 21.6 Å². The molecule has 2 aromatic heterocycles. The van der Waals surface area contributed by atoms with Gasteiger partial charge in [0, 0.05) is 30.0 Å². The van der Waals surface area contributed by atoms with Crippen molar-refractivity contribution in [3.05, 3.63) is 70.5 Å². The van der Waals surface area contributed by atoms with Crippen LogP contribution in [0.2, 0.25) is 5.02 Å². The molecule has 0 radical (unpaired) electrons. The molecule has 0 aliphatic carbocycles. The van der Waals surface area contributed by atoms with Gasteiger partial charge >= 0.3 is 6.18 Å². The van der Waals surface area contributed by atoms with E-state index in [1.165, 1.54) is 24.3 Å². The van der Waals surface area contributed by atoms with Gasteiger partial charge in [0.15, 0.2) is 5.69 Å². The Bertz CT molecular complexity index is 1090. The number of amides is 1. The maximum absolute atomic E-state index is 13.5. The third kappa shape index (κ3) is 5.11. The Morgan fingerprint density at radius 3 is 2.60 bits per heavy atom. The molecular formula is C18H12ClF4N5O2. The number of phenolic OH excluding ortho intramolecular Hbond substituents is 1. The number of aromatic nitrogens is 3. The standard InChI is InChI=1S/C18H12ClF4N5O2/c19-10-1-2-12(13(29)6-10)27-17-26-8-11(15(28-17)18(21,22)23)16(30)25-7-9-3-4-24-14(20)5-9/h1-6,8,29H,7H2,(H,25,30)(H,26,27,28). The molecule has 12 heteroatoms. The van der Waals surface area contributed by atoms with Gasteiger partial charge in [0.25, 0.3) is 5.91 Å². The molecule has 7 nitrogen and oxygen atoms in total.